The van der Waals surface area contributed by atoms with Crippen LogP contribution in [0, 0.1) is 13.8 Å². The first-order chi connectivity index (χ1) is 9.70. The predicted octanol–water partition coefficient (Wildman–Crippen LogP) is 6.12. The summed E-state index contributed by atoms with van der Waals surface area (Å²) in [4.78, 5) is 2.24. The molecule has 110 valence electrons. The quantitative estimate of drug-likeness (QED) is 0.635. The van der Waals surface area contributed by atoms with E-state index in [1.54, 1.807) is 0 Å². The van der Waals surface area contributed by atoms with Gasteiger partial charge in [0.25, 0.3) is 0 Å². The number of benzene rings is 2. The maximum Gasteiger partial charge on any atom is 0.0437 e. The van der Waals surface area contributed by atoms with Crippen LogP contribution < -0.4 is 4.90 Å². The molecule has 0 fully saturated rings. The van der Waals surface area contributed by atoms with Crippen LogP contribution in [-0.4, -0.2) is 7.05 Å². The Hall–Kier alpha value is -1.76. The number of rotatable bonds is 2. The van der Waals surface area contributed by atoms with Gasteiger partial charge in [0.05, 0.1) is 0 Å². The predicted molar refractivity (Wildman–Crippen MR) is 93.1 cm³/mol. The molecule has 0 amide bonds. The number of anilines is 2. The van der Waals surface area contributed by atoms with Crippen LogP contribution in [0.25, 0.3) is 0 Å². The topological polar surface area (TPSA) is 3.24 Å². The zero-order valence-corrected chi connectivity index (χ0v) is 14.1. The summed E-state index contributed by atoms with van der Waals surface area (Å²) in [6.45, 7) is 12.3. The molecule has 0 saturated carbocycles. The first-order valence-electron chi connectivity index (χ1n) is 7.55. The Bertz CT molecular complexity index is 443. The zero-order chi connectivity index (χ0) is 15.5. The van der Waals surface area contributed by atoms with Gasteiger partial charge in [0.1, 0.15) is 0 Å². The number of hydrogen-bond acceptors (Lipinski definition) is 1. The number of nitrogens with zero attached hydrogens (tertiary/aromatic N) is 1. The Kier molecular flexibility index (Phi) is 9.19. The second-order valence-corrected chi connectivity index (χ2v) is 4.13. The fraction of sp³-hybridized carbons (Fsp3) is 0.368. The van der Waals surface area contributed by atoms with Crippen molar-refractivity contribution in [2.75, 3.05) is 11.9 Å². The molecule has 2 aromatic carbocycles. The van der Waals surface area contributed by atoms with Gasteiger partial charge in [-0.15, -0.1) is 0 Å². The minimum absolute atomic E-state index is 1.26. The monoisotopic (exact) mass is 271 g/mol. The van der Waals surface area contributed by atoms with Crippen molar-refractivity contribution in [1.29, 1.82) is 0 Å². The molecule has 2 aromatic rings. The van der Waals surface area contributed by atoms with Gasteiger partial charge in [-0.05, 0) is 37.1 Å². The number of para-hydroxylation sites is 2. The second-order valence-electron chi connectivity index (χ2n) is 4.13. The summed E-state index contributed by atoms with van der Waals surface area (Å²) >= 11 is 0. The maximum absolute atomic E-state index is 2.24. The standard InChI is InChI=1S/C15H17N.2C2H6/c1-12-8-4-6-10-14(12)16(3)15-11-7-5-9-13(15)2;2*1-2/h4-11H,1-3H3;2*1-2H3. The van der Waals surface area contributed by atoms with Crippen molar-refractivity contribution in [3.8, 4) is 0 Å². The van der Waals surface area contributed by atoms with E-state index in [4.69, 9.17) is 0 Å². The van der Waals surface area contributed by atoms with E-state index in [2.05, 4.69) is 74.3 Å². The highest BCUT2D eigenvalue weighted by Crippen LogP contribution is 2.28. The van der Waals surface area contributed by atoms with Crippen LogP contribution in [0.4, 0.5) is 11.4 Å². The molecule has 0 aliphatic carbocycles. The van der Waals surface area contributed by atoms with Crippen LogP contribution in [-0.2, 0) is 0 Å². The summed E-state index contributed by atoms with van der Waals surface area (Å²) in [6.07, 6.45) is 0. The van der Waals surface area contributed by atoms with Gasteiger partial charge in [-0.1, -0.05) is 64.1 Å². The van der Waals surface area contributed by atoms with Crippen molar-refractivity contribution >= 4 is 11.4 Å². The minimum Gasteiger partial charge on any atom is -0.344 e. The molecule has 0 N–H and O–H groups in total. The normalized spacial score (nSPS) is 8.75. The fourth-order valence-corrected chi connectivity index (χ4v) is 2.01. The van der Waals surface area contributed by atoms with E-state index in [9.17, 15) is 0 Å². The maximum atomic E-state index is 2.24. The highest BCUT2D eigenvalue weighted by molar-refractivity contribution is 5.67. The molecule has 0 radical (unpaired) electrons. The summed E-state index contributed by atoms with van der Waals surface area (Å²) in [5, 5.41) is 0. The fourth-order valence-electron chi connectivity index (χ4n) is 2.01. The van der Waals surface area contributed by atoms with Crippen LogP contribution in [0.5, 0.6) is 0 Å². The Morgan fingerprint density at radius 1 is 0.600 bits per heavy atom. The molecule has 0 heterocycles. The summed E-state index contributed by atoms with van der Waals surface area (Å²) < 4.78 is 0. The van der Waals surface area contributed by atoms with Crippen molar-refractivity contribution in [2.24, 2.45) is 0 Å². The Morgan fingerprint density at radius 2 is 0.900 bits per heavy atom. The Morgan fingerprint density at radius 3 is 1.20 bits per heavy atom. The van der Waals surface area contributed by atoms with Gasteiger partial charge in [0.15, 0.2) is 0 Å². The van der Waals surface area contributed by atoms with Crippen molar-refractivity contribution < 1.29 is 0 Å². The SMILES string of the molecule is CC.CC.Cc1ccccc1N(C)c1ccccc1C. The molecule has 0 aliphatic heterocycles. The van der Waals surface area contributed by atoms with Crippen LogP contribution in [0.3, 0.4) is 0 Å². The van der Waals surface area contributed by atoms with Crippen LogP contribution in [0.1, 0.15) is 38.8 Å². The number of hydrogen-bond donors (Lipinski definition) is 0. The van der Waals surface area contributed by atoms with E-state index in [0.29, 0.717) is 0 Å². The van der Waals surface area contributed by atoms with Gasteiger partial charge in [-0.2, -0.15) is 0 Å². The molecule has 0 aromatic heterocycles. The smallest absolute Gasteiger partial charge is 0.0437 e. The van der Waals surface area contributed by atoms with E-state index in [1.165, 1.54) is 22.5 Å². The molecule has 0 bridgehead atoms. The van der Waals surface area contributed by atoms with Gasteiger partial charge in [0.2, 0.25) is 0 Å². The molecule has 2 rings (SSSR count). The van der Waals surface area contributed by atoms with Gasteiger partial charge in [-0.25, -0.2) is 0 Å². The van der Waals surface area contributed by atoms with E-state index in [-0.39, 0.29) is 0 Å². The summed E-state index contributed by atoms with van der Waals surface area (Å²) in [7, 11) is 2.12. The molecular weight excluding hydrogens is 242 g/mol. The second kappa shape index (κ2) is 10.1. The van der Waals surface area contributed by atoms with Crippen LogP contribution >= 0.6 is 0 Å². The van der Waals surface area contributed by atoms with Gasteiger partial charge in [-0.3, -0.25) is 0 Å². The average molecular weight is 271 g/mol. The molecule has 0 aliphatic rings. The van der Waals surface area contributed by atoms with Gasteiger partial charge < -0.3 is 4.90 Å². The summed E-state index contributed by atoms with van der Waals surface area (Å²) in [6, 6.07) is 16.9. The molecule has 0 saturated heterocycles. The van der Waals surface area contributed by atoms with E-state index >= 15 is 0 Å². The molecular formula is C19H29N. The van der Waals surface area contributed by atoms with Gasteiger partial charge >= 0.3 is 0 Å². The molecule has 20 heavy (non-hydrogen) atoms. The first-order valence-corrected chi connectivity index (χ1v) is 7.55. The lowest BCUT2D eigenvalue weighted by molar-refractivity contribution is 1.17. The third-order valence-electron chi connectivity index (χ3n) is 2.95. The minimum atomic E-state index is 1.26. The van der Waals surface area contributed by atoms with Crippen molar-refractivity contribution in [3.05, 3.63) is 59.7 Å². The lowest BCUT2D eigenvalue weighted by Gasteiger charge is -2.23. The summed E-state index contributed by atoms with van der Waals surface area (Å²) in [5.41, 5.74) is 5.12. The van der Waals surface area contributed by atoms with Crippen molar-refractivity contribution in [2.45, 2.75) is 41.5 Å². The highest BCUT2D eigenvalue weighted by Gasteiger charge is 2.07. The average Bonchev–Trinajstić information content (AvgIpc) is 2.52. The lowest BCUT2D eigenvalue weighted by atomic mass is 10.1. The molecule has 0 spiro atoms. The van der Waals surface area contributed by atoms with E-state index in [0.717, 1.165) is 0 Å². The van der Waals surface area contributed by atoms with Crippen molar-refractivity contribution in [1.82, 2.24) is 0 Å². The van der Waals surface area contributed by atoms with Crippen LogP contribution in [0.2, 0.25) is 0 Å². The van der Waals surface area contributed by atoms with Gasteiger partial charge in [0, 0.05) is 18.4 Å². The molecule has 0 atom stereocenters. The molecule has 1 heteroatoms. The Labute approximate surface area is 125 Å². The lowest BCUT2D eigenvalue weighted by Crippen LogP contribution is -2.11. The largest absolute Gasteiger partial charge is 0.344 e. The van der Waals surface area contributed by atoms with Crippen LogP contribution in [0.15, 0.2) is 48.5 Å². The van der Waals surface area contributed by atoms with E-state index in [1.807, 2.05) is 27.7 Å². The third-order valence-corrected chi connectivity index (χ3v) is 2.95. The summed E-state index contributed by atoms with van der Waals surface area (Å²) in [5.74, 6) is 0. The van der Waals surface area contributed by atoms with E-state index < -0.39 is 0 Å². The molecule has 1 nitrogen and oxygen atoms in total. The zero-order valence-electron chi connectivity index (χ0n) is 14.1. The number of aryl methyl sites for hydroxylation is 2. The third kappa shape index (κ3) is 4.73. The Balaban J connectivity index is 0.000000829. The molecule has 0 unspecified atom stereocenters. The first kappa shape index (κ1) is 18.2. The highest BCUT2D eigenvalue weighted by atomic mass is 15.1. The van der Waals surface area contributed by atoms with Crippen molar-refractivity contribution in [3.63, 3.8) is 0 Å².